The number of methoxy groups -OCH3 is 2. The molecule has 2 aromatic heterocycles. The number of fused-ring (bicyclic) bond motifs is 2. The van der Waals surface area contributed by atoms with E-state index in [-0.39, 0.29) is 85.9 Å². The first-order valence-corrected chi connectivity index (χ1v) is 34.1. The zero-order valence-electron chi connectivity index (χ0n) is 83.9. The van der Waals surface area contributed by atoms with Crippen molar-refractivity contribution in [1.82, 2.24) is 28.7 Å². The molecule has 4 heterocycles. The first kappa shape index (κ1) is 49.0. The number of ether oxygens (including phenoxy) is 2. The molecule has 0 spiro atoms. The summed E-state index contributed by atoms with van der Waals surface area (Å²) in [4.78, 5) is 62.1. The number of carbonyl (C=O) groups is 2. The van der Waals surface area contributed by atoms with Crippen molar-refractivity contribution in [3.05, 3.63) is 270 Å². The van der Waals surface area contributed by atoms with Gasteiger partial charge in [0.2, 0.25) is 11.8 Å². The van der Waals surface area contributed by atoms with E-state index < -0.39 is 245 Å². The number of hydrogen-bond acceptors (Lipinski definition) is 10. The maximum Gasteiger partial charge on any atom is 0.416 e. The highest BCUT2D eigenvalue weighted by molar-refractivity contribution is 7.98. The van der Waals surface area contributed by atoms with Gasteiger partial charge < -0.3 is 38.2 Å². The molecule has 12 rings (SSSR count). The number of pyridine rings is 2. The minimum atomic E-state index is -4.60. The predicted molar refractivity (Wildman–Crippen MR) is 395 cm³/mol. The predicted octanol–water partition coefficient (Wildman–Crippen LogP) is 17.4. The summed E-state index contributed by atoms with van der Waals surface area (Å²) in [5.41, 5.74) is -8.31. The van der Waals surface area contributed by atoms with E-state index >= 15 is 14.0 Å². The Morgan fingerprint density at radius 3 is 1.29 bits per heavy atom. The molecule has 2 fully saturated rings. The molecule has 0 atom stereocenters. The first-order chi connectivity index (χ1) is 61.7. The van der Waals surface area contributed by atoms with Crippen LogP contribution in [0.25, 0.3) is 44.1 Å². The van der Waals surface area contributed by atoms with E-state index in [0.717, 1.165) is 62.1 Å². The number of benzene rings is 8. The molecule has 2 aliphatic rings. The fourth-order valence-electron chi connectivity index (χ4n) is 11.7. The summed E-state index contributed by atoms with van der Waals surface area (Å²) in [7, 11) is -6.67. The minimum Gasteiger partial charge on any atom is -0.383 e. The molecule has 106 heavy (non-hydrogen) atoms. The standard InChI is InChI=1S/2C41H40F5N3O3S/c2*1-27-6-15-36-34(22-27)37(50)23-39(53-26-31-4-3-5-35(42)40(31)43)49(36)25-38(51)48(33-16-18-47(19-17-33)20-21-52-2)24-28-7-9-29(10-8-28)30-11-13-32(14-12-30)41(44,45)46/h2*3-15,22-23,33H,16-21,24-26H2,1-2H3/i2D3,6D,15D,20D2,21D2,22D,23D,25D2,26D2;2D3,6D,15D,20D2,21D2,22D,23D,25D2. The lowest BCUT2D eigenvalue weighted by atomic mass is 10.00. The maximum absolute atomic E-state index is 15.2. The van der Waals surface area contributed by atoms with E-state index in [2.05, 4.69) is 9.47 Å². The summed E-state index contributed by atoms with van der Waals surface area (Å²) < 4.78 is 385. The molecule has 24 heteroatoms. The molecule has 8 aromatic carbocycles. The van der Waals surface area contributed by atoms with Crippen LogP contribution in [0.2, 0.25) is 0 Å². The molecule has 0 unspecified atom stereocenters. The third kappa shape index (κ3) is 19.6. The van der Waals surface area contributed by atoms with Crippen LogP contribution < -0.4 is 10.9 Å². The van der Waals surface area contributed by atoms with Crippen LogP contribution in [0.15, 0.2) is 201 Å². The summed E-state index contributed by atoms with van der Waals surface area (Å²) in [6, 6.07) is 17.8. The van der Waals surface area contributed by atoms with E-state index in [4.69, 9.17) is 32.9 Å². The van der Waals surface area contributed by atoms with Gasteiger partial charge in [-0.25, -0.2) is 17.6 Å². The third-order valence-corrected chi connectivity index (χ3v) is 19.0. The van der Waals surface area contributed by atoms with Crippen molar-refractivity contribution >= 4 is 57.1 Å². The Morgan fingerprint density at radius 2 is 0.896 bits per heavy atom. The monoisotopic (exact) mass is 1530 g/mol. The van der Waals surface area contributed by atoms with Crippen molar-refractivity contribution in [2.45, 2.75) is 112 Å². The average molecular weight is 1530 g/mol. The summed E-state index contributed by atoms with van der Waals surface area (Å²) in [6.07, 6.45) is -10.0. The molecule has 2 saturated heterocycles. The van der Waals surface area contributed by atoms with Crippen LogP contribution >= 0.6 is 23.5 Å². The maximum atomic E-state index is 15.2. The number of hydrogen-bond donors (Lipinski definition) is 0. The van der Waals surface area contributed by atoms with Crippen LogP contribution in [-0.2, 0) is 69.0 Å². The van der Waals surface area contributed by atoms with Gasteiger partial charge in [-0.15, -0.1) is 23.5 Å². The highest BCUT2D eigenvalue weighted by Gasteiger charge is 2.34. The van der Waals surface area contributed by atoms with Crippen molar-refractivity contribution in [2.75, 3.05) is 66.4 Å². The van der Waals surface area contributed by atoms with Gasteiger partial charge in [-0.05, 0) is 133 Å². The van der Waals surface area contributed by atoms with Crippen LogP contribution in [0.1, 0.15) is 109 Å². The number of alkyl halides is 6. The lowest BCUT2D eigenvalue weighted by molar-refractivity contribution is -0.138. The van der Waals surface area contributed by atoms with Gasteiger partial charge in [-0.2, -0.15) is 26.3 Å². The second-order valence-electron chi connectivity index (χ2n) is 24.1. The van der Waals surface area contributed by atoms with Crippen LogP contribution in [0, 0.1) is 37.1 Å². The quantitative estimate of drug-likeness (QED) is 0.0428. The summed E-state index contributed by atoms with van der Waals surface area (Å²) in [6.45, 7) is -19.8. The largest absolute Gasteiger partial charge is 0.416 e. The summed E-state index contributed by atoms with van der Waals surface area (Å²) in [5.74, 6) is -9.08. The second-order valence-corrected chi connectivity index (χ2v) is 25.9. The van der Waals surface area contributed by atoms with Crippen molar-refractivity contribution in [2.24, 2.45) is 0 Å². The Balaban J connectivity index is 0.000000258. The number of piperidine rings is 2. The molecule has 10 aromatic rings. The lowest BCUT2D eigenvalue weighted by Gasteiger charge is -2.39. The van der Waals surface area contributed by atoms with E-state index in [9.17, 15) is 54.6 Å². The minimum absolute atomic E-state index is 0.161. The van der Waals surface area contributed by atoms with E-state index in [1.54, 1.807) is 12.1 Å². The van der Waals surface area contributed by atoms with Crippen LogP contribution in [-0.4, -0.2) is 119 Å². The van der Waals surface area contributed by atoms with Gasteiger partial charge >= 0.3 is 12.4 Å². The fraction of sp³-hybridized carbons (Fsp3) is 0.317. The van der Waals surface area contributed by atoms with Crippen LogP contribution in [0.3, 0.4) is 0 Å². The Labute approximate surface area is 655 Å². The van der Waals surface area contributed by atoms with Gasteiger partial charge in [0.1, 0.15) is 13.0 Å². The molecular formula is C82H80F10N6O6S2. The van der Waals surface area contributed by atoms with Gasteiger partial charge in [0.05, 0.1) is 75.5 Å². The number of likely N-dealkylation sites (tertiary alicyclic amines) is 2. The third-order valence-electron chi connectivity index (χ3n) is 17.2. The Bertz CT molecular complexity index is 6270. The van der Waals surface area contributed by atoms with Crippen LogP contribution in [0.4, 0.5) is 43.9 Å². The molecule has 556 valence electrons. The number of carbonyl (C=O) groups excluding carboxylic acids is 2. The van der Waals surface area contributed by atoms with Gasteiger partial charge in [-0.3, -0.25) is 19.2 Å². The highest BCUT2D eigenvalue weighted by Crippen LogP contribution is 2.36. The zero-order valence-corrected chi connectivity index (χ0v) is 57.5. The highest BCUT2D eigenvalue weighted by atomic mass is 32.2. The van der Waals surface area contributed by atoms with Gasteiger partial charge in [0.15, 0.2) is 34.1 Å². The lowest BCUT2D eigenvalue weighted by Crippen LogP contribution is -2.48. The average Bonchev–Trinajstić information content (AvgIpc) is 0.716. The molecular weight excluding hydrogens is 1420 g/mol. The Kier molecular flexibility index (Phi) is 16.2. The number of thioether (sulfide) groups is 2. The molecule has 0 bridgehead atoms. The van der Waals surface area contributed by atoms with Crippen molar-refractivity contribution < 1.29 is 101 Å². The molecule has 0 aliphatic carbocycles. The summed E-state index contributed by atoms with van der Waals surface area (Å²) in [5, 5.41) is -3.11. The van der Waals surface area contributed by atoms with Gasteiger partial charge in [0.25, 0.3) is 0 Å². The SMILES string of the molecule is [2H]c1c(C)c([2H])c2c(=O)c([2H])c(SC([2H])([2H])c3cccc(F)c3F)n(C([2H])([2H])C(=O)N(Cc3ccc(-c4ccc(C(F)(F)F)cc4)cc3)C3CCN(C([2H])([2H])C([2H])([2H])OC([2H])([2H])[2H])CC3)c2c1[2H].[2H]c1c(C)c([2H])c2c(=O)c([2H])c(SCc3cccc(F)c3F)n(C([2H])([2H])C(=O)N(Cc3ccc(-c4ccc(C(F)(F)F)cc4)cc3)C3CCN(C([2H])([2H])C([2H])([2H])OC([2H])([2H])[2H])CC3)c2c1[2H]. The van der Waals surface area contributed by atoms with Crippen molar-refractivity contribution in [3.63, 3.8) is 0 Å². The zero-order chi connectivity index (χ0) is 99.9. The number of rotatable bonds is 24. The second kappa shape index (κ2) is 35.1. The molecule has 0 saturated carbocycles. The van der Waals surface area contributed by atoms with E-state index in [1.165, 1.54) is 86.6 Å². The summed E-state index contributed by atoms with van der Waals surface area (Å²) >= 11 is 0.286. The molecule has 0 radical (unpaired) electrons. The van der Waals surface area contributed by atoms with E-state index in [0.29, 0.717) is 54.8 Å². The Morgan fingerprint density at radius 1 is 0.519 bits per heavy atom. The van der Waals surface area contributed by atoms with E-state index in [1.807, 2.05) is 0 Å². The van der Waals surface area contributed by atoms with Gasteiger partial charge in [0, 0.05) is 132 Å². The molecule has 2 aliphatic heterocycles. The number of halogens is 10. The number of aromatic nitrogens is 2. The molecule has 2 amide bonds. The molecule has 0 N–H and O–H groups in total. The smallest absolute Gasteiger partial charge is 0.383 e. The van der Waals surface area contributed by atoms with Gasteiger partial charge in [-0.1, -0.05) is 120 Å². The fourth-order valence-corrected chi connectivity index (χ4v) is 13.4. The van der Waals surface area contributed by atoms with Crippen LogP contribution in [0.5, 0.6) is 0 Å². The molecule has 12 nitrogen and oxygen atoms in total. The number of amides is 2. The Hall–Kier alpha value is -9.04. The normalized spacial score (nSPS) is 19.2. The topological polar surface area (TPSA) is 110 Å². The van der Waals surface area contributed by atoms with Crippen molar-refractivity contribution in [3.8, 4) is 22.3 Å². The number of nitrogens with zero attached hydrogens (tertiary/aromatic N) is 6. The first-order valence-electron chi connectivity index (χ1n) is 46.3. The van der Waals surface area contributed by atoms with Crippen molar-refractivity contribution in [1.29, 1.82) is 0 Å².